The van der Waals surface area contributed by atoms with Gasteiger partial charge in [-0.05, 0) is 38.5 Å². The van der Waals surface area contributed by atoms with Crippen molar-refractivity contribution in [2.75, 3.05) is 20.3 Å². The van der Waals surface area contributed by atoms with Gasteiger partial charge >= 0.3 is 0 Å². The number of methoxy groups -OCH3 is 1. The topological polar surface area (TPSA) is 47.9 Å². The van der Waals surface area contributed by atoms with E-state index in [1.165, 1.54) is 5.57 Å². The van der Waals surface area contributed by atoms with Crippen LogP contribution in [0, 0.1) is 5.92 Å². The van der Waals surface area contributed by atoms with Gasteiger partial charge in [0.1, 0.15) is 5.60 Å². The van der Waals surface area contributed by atoms with Gasteiger partial charge in [-0.1, -0.05) is 11.6 Å². The molecule has 0 amide bonds. The molecule has 1 saturated heterocycles. The molecule has 1 saturated carbocycles. The number of allylic oxidation sites excluding steroid dienone is 1. The van der Waals surface area contributed by atoms with Gasteiger partial charge in [0.15, 0.2) is 6.29 Å². The third kappa shape index (κ3) is 2.15. The Hall–Kier alpha value is -0.420. The normalized spacial score (nSPS) is 42.7. The number of hydrogen-bond donors (Lipinski definition) is 1. The molecule has 3 atom stereocenters. The van der Waals surface area contributed by atoms with Crippen molar-refractivity contribution in [3.05, 3.63) is 11.6 Å². The summed E-state index contributed by atoms with van der Waals surface area (Å²) >= 11 is 0. The Labute approximate surface area is 114 Å². The van der Waals surface area contributed by atoms with Crippen molar-refractivity contribution in [1.29, 1.82) is 0 Å². The molecule has 0 spiro atoms. The molecule has 2 fully saturated rings. The first-order valence-electron chi connectivity index (χ1n) is 7.29. The highest BCUT2D eigenvalue weighted by molar-refractivity contribution is 5.28. The van der Waals surface area contributed by atoms with Crippen LogP contribution < -0.4 is 0 Å². The second-order valence-corrected chi connectivity index (χ2v) is 6.16. The van der Waals surface area contributed by atoms with Crippen LogP contribution in [0.4, 0.5) is 0 Å². The van der Waals surface area contributed by atoms with Crippen LogP contribution in [-0.2, 0) is 14.2 Å². The highest BCUT2D eigenvalue weighted by Crippen LogP contribution is 2.52. The van der Waals surface area contributed by atoms with E-state index in [0.717, 1.165) is 25.7 Å². The van der Waals surface area contributed by atoms with E-state index in [1.54, 1.807) is 7.11 Å². The molecule has 4 heteroatoms. The predicted octanol–water partition coefficient (Wildman–Crippen LogP) is 2.02. The van der Waals surface area contributed by atoms with Crippen molar-refractivity contribution >= 4 is 0 Å². The minimum atomic E-state index is -0.778. The van der Waals surface area contributed by atoms with Crippen molar-refractivity contribution < 1.29 is 19.3 Å². The minimum Gasteiger partial charge on any atom is -0.387 e. The average molecular weight is 268 g/mol. The molecule has 4 rings (SSSR count). The average Bonchev–Trinajstić information content (AvgIpc) is 2.92. The van der Waals surface area contributed by atoms with Crippen molar-refractivity contribution in [3.8, 4) is 0 Å². The summed E-state index contributed by atoms with van der Waals surface area (Å²) in [6, 6.07) is 0. The lowest BCUT2D eigenvalue weighted by atomic mass is 9.59. The lowest BCUT2D eigenvalue weighted by Crippen LogP contribution is -2.61. The zero-order chi connectivity index (χ0) is 13.5. The molecule has 0 aromatic heterocycles. The molecule has 19 heavy (non-hydrogen) atoms. The standard InChI is InChI=1S/C15H24O4/c1-11-9-15(17-2)6-3-12(11)10-14(15,16)5-4-13-18-7-8-19-13/h9,12-13,16H,3-8,10H2,1-2H3/t12-,14+,15+/m0/s1. The van der Waals surface area contributed by atoms with Crippen LogP contribution in [-0.4, -0.2) is 42.9 Å². The van der Waals surface area contributed by atoms with Crippen LogP contribution in [0.2, 0.25) is 0 Å². The summed E-state index contributed by atoms with van der Waals surface area (Å²) in [6.07, 6.45) is 6.25. The number of rotatable bonds is 4. The van der Waals surface area contributed by atoms with E-state index < -0.39 is 11.2 Å². The van der Waals surface area contributed by atoms with Crippen LogP contribution in [0.3, 0.4) is 0 Å². The van der Waals surface area contributed by atoms with Crippen LogP contribution in [0.5, 0.6) is 0 Å². The van der Waals surface area contributed by atoms with Crippen LogP contribution in [0.15, 0.2) is 11.6 Å². The van der Waals surface area contributed by atoms with Gasteiger partial charge in [0.25, 0.3) is 0 Å². The lowest BCUT2D eigenvalue weighted by molar-refractivity contribution is -0.191. The molecule has 0 radical (unpaired) electrons. The summed E-state index contributed by atoms with van der Waals surface area (Å²) < 4.78 is 16.7. The van der Waals surface area contributed by atoms with Crippen LogP contribution in [0.25, 0.3) is 0 Å². The van der Waals surface area contributed by atoms with Gasteiger partial charge in [0, 0.05) is 13.5 Å². The van der Waals surface area contributed by atoms with Crippen molar-refractivity contribution in [1.82, 2.24) is 0 Å². The Morgan fingerprint density at radius 1 is 1.42 bits per heavy atom. The molecule has 1 N–H and O–H groups in total. The largest absolute Gasteiger partial charge is 0.387 e. The summed E-state index contributed by atoms with van der Waals surface area (Å²) in [7, 11) is 1.71. The molecule has 4 aliphatic rings. The first kappa shape index (κ1) is 13.6. The minimum absolute atomic E-state index is 0.150. The summed E-state index contributed by atoms with van der Waals surface area (Å²) in [5, 5.41) is 11.1. The molecule has 1 aliphatic heterocycles. The highest BCUT2D eigenvalue weighted by atomic mass is 16.7. The molecular formula is C15H24O4. The Morgan fingerprint density at radius 2 is 2.16 bits per heavy atom. The monoisotopic (exact) mass is 268 g/mol. The Balaban J connectivity index is 1.75. The summed E-state index contributed by atoms with van der Waals surface area (Å²) in [6.45, 7) is 3.49. The quantitative estimate of drug-likeness (QED) is 0.792. The highest BCUT2D eigenvalue weighted by Gasteiger charge is 2.56. The SMILES string of the molecule is CO[C@@]12C=C(C)[C@@H](CC1)C[C@]2(O)CCC1OCCO1. The van der Waals surface area contributed by atoms with E-state index in [9.17, 15) is 5.11 Å². The maximum Gasteiger partial charge on any atom is 0.157 e. The second-order valence-electron chi connectivity index (χ2n) is 6.16. The van der Waals surface area contributed by atoms with E-state index in [-0.39, 0.29) is 6.29 Å². The van der Waals surface area contributed by atoms with Crippen LogP contribution >= 0.6 is 0 Å². The van der Waals surface area contributed by atoms with Crippen molar-refractivity contribution in [2.45, 2.75) is 56.5 Å². The fourth-order valence-corrected chi connectivity index (χ4v) is 3.98. The number of fused-ring (bicyclic) bond motifs is 2. The Kier molecular flexibility index (Phi) is 3.46. The fraction of sp³-hybridized carbons (Fsp3) is 0.867. The molecular weight excluding hydrogens is 244 g/mol. The van der Waals surface area contributed by atoms with Gasteiger partial charge in [0.05, 0.1) is 18.8 Å². The number of aliphatic hydroxyl groups is 1. The van der Waals surface area contributed by atoms with E-state index >= 15 is 0 Å². The lowest BCUT2D eigenvalue weighted by Gasteiger charge is -2.54. The third-order valence-corrected chi connectivity index (χ3v) is 5.19. The Morgan fingerprint density at radius 3 is 2.79 bits per heavy atom. The number of ether oxygens (including phenoxy) is 3. The van der Waals surface area contributed by atoms with E-state index in [4.69, 9.17) is 14.2 Å². The summed E-state index contributed by atoms with van der Waals surface area (Å²) in [4.78, 5) is 0. The zero-order valence-corrected chi connectivity index (χ0v) is 11.9. The van der Waals surface area contributed by atoms with Crippen molar-refractivity contribution in [3.63, 3.8) is 0 Å². The molecule has 4 nitrogen and oxygen atoms in total. The van der Waals surface area contributed by atoms with Gasteiger partial charge in [-0.25, -0.2) is 0 Å². The summed E-state index contributed by atoms with van der Waals surface area (Å²) in [5.41, 5.74) is 0.0790. The smallest absolute Gasteiger partial charge is 0.157 e. The van der Waals surface area contributed by atoms with E-state index in [0.29, 0.717) is 25.6 Å². The van der Waals surface area contributed by atoms with Gasteiger partial charge in [-0.15, -0.1) is 0 Å². The van der Waals surface area contributed by atoms with Crippen molar-refractivity contribution in [2.24, 2.45) is 5.92 Å². The third-order valence-electron chi connectivity index (χ3n) is 5.19. The van der Waals surface area contributed by atoms with E-state index in [1.807, 2.05) is 0 Å². The maximum atomic E-state index is 11.1. The molecule has 2 bridgehead atoms. The van der Waals surface area contributed by atoms with Gasteiger partial charge < -0.3 is 19.3 Å². The predicted molar refractivity (Wildman–Crippen MR) is 70.7 cm³/mol. The van der Waals surface area contributed by atoms with Gasteiger partial charge in [-0.2, -0.15) is 0 Å². The van der Waals surface area contributed by atoms with Gasteiger partial charge in [0.2, 0.25) is 0 Å². The molecule has 0 unspecified atom stereocenters. The zero-order valence-electron chi connectivity index (χ0n) is 11.9. The fourth-order valence-electron chi connectivity index (χ4n) is 3.98. The number of hydrogen-bond acceptors (Lipinski definition) is 4. The molecule has 3 aliphatic carbocycles. The Bertz CT molecular complexity index is 374. The summed E-state index contributed by atoms with van der Waals surface area (Å²) in [5.74, 6) is 0.507. The molecule has 1 heterocycles. The maximum absolute atomic E-state index is 11.1. The van der Waals surface area contributed by atoms with E-state index in [2.05, 4.69) is 13.0 Å². The second kappa shape index (κ2) is 4.85. The first-order chi connectivity index (χ1) is 9.09. The first-order valence-corrected chi connectivity index (χ1v) is 7.29. The molecule has 0 aromatic carbocycles. The van der Waals surface area contributed by atoms with Crippen LogP contribution in [0.1, 0.15) is 39.0 Å². The van der Waals surface area contributed by atoms with Gasteiger partial charge in [-0.3, -0.25) is 0 Å². The molecule has 0 aromatic rings. The molecule has 108 valence electrons.